The van der Waals surface area contributed by atoms with Gasteiger partial charge in [0, 0.05) is 35.4 Å². The Balaban J connectivity index is 2.48. The number of anilines is 1. The third-order valence-corrected chi connectivity index (χ3v) is 2.40. The number of aromatic nitrogens is 1. The second kappa shape index (κ2) is 4.47. The maximum atomic E-state index is 5.94. The topological polar surface area (TPSA) is 50.9 Å². The molecule has 0 atom stereocenters. The number of benzene rings is 1. The Bertz CT molecular complexity index is 470. The molecule has 0 saturated heterocycles. The first kappa shape index (κ1) is 10.2. The molecule has 3 nitrogen and oxygen atoms in total. The quantitative estimate of drug-likeness (QED) is 0.836. The molecular formula is C11H12ClN3. The number of pyridine rings is 1. The zero-order valence-electron chi connectivity index (χ0n) is 8.20. The van der Waals surface area contributed by atoms with Crippen LogP contribution in [0.1, 0.15) is 0 Å². The lowest BCUT2D eigenvalue weighted by molar-refractivity contribution is 1.03. The maximum Gasteiger partial charge on any atom is 0.0723 e. The molecule has 0 spiro atoms. The Kier molecular flexibility index (Phi) is 3.04. The van der Waals surface area contributed by atoms with Crippen LogP contribution in [0.25, 0.3) is 10.9 Å². The molecule has 0 radical (unpaired) electrons. The monoisotopic (exact) mass is 221 g/mol. The van der Waals surface area contributed by atoms with Crippen molar-refractivity contribution in [3.63, 3.8) is 0 Å². The second-order valence-corrected chi connectivity index (χ2v) is 3.67. The van der Waals surface area contributed by atoms with E-state index in [0.717, 1.165) is 23.1 Å². The van der Waals surface area contributed by atoms with Crippen molar-refractivity contribution in [3.05, 3.63) is 35.5 Å². The predicted molar refractivity (Wildman–Crippen MR) is 64.3 cm³/mol. The Morgan fingerprint density at radius 3 is 3.00 bits per heavy atom. The van der Waals surface area contributed by atoms with Gasteiger partial charge in [-0.2, -0.15) is 0 Å². The van der Waals surface area contributed by atoms with Crippen LogP contribution in [-0.2, 0) is 0 Å². The molecule has 0 bridgehead atoms. The first-order chi connectivity index (χ1) is 7.31. The molecule has 2 rings (SSSR count). The fourth-order valence-corrected chi connectivity index (χ4v) is 1.65. The highest BCUT2D eigenvalue weighted by atomic mass is 35.5. The maximum absolute atomic E-state index is 5.94. The van der Waals surface area contributed by atoms with Crippen LogP contribution < -0.4 is 11.1 Å². The van der Waals surface area contributed by atoms with Gasteiger partial charge in [-0.25, -0.2) is 0 Å². The molecule has 4 heteroatoms. The van der Waals surface area contributed by atoms with Crippen molar-refractivity contribution in [1.82, 2.24) is 4.98 Å². The number of fused-ring (bicyclic) bond motifs is 1. The van der Waals surface area contributed by atoms with Crippen LogP contribution in [0.15, 0.2) is 30.5 Å². The van der Waals surface area contributed by atoms with Crippen LogP contribution in [0.2, 0.25) is 5.02 Å². The minimum Gasteiger partial charge on any atom is -0.383 e. The first-order valence-electron chi connectivity index (χ1n) is 4.79. The van der Waals surface area contributed by atoms with E-state index in [1.165, 1.54) is 0 Å². The van der Waals surface area contributed by atoms with Gasteiger partial charge in [0.15, 0.2) is 0 Å². The smallest absolute Gasteiger partial charge is 0.0723 e. The van der Waals surface area contributed by atoms with Gasteiger partial charge in [-0.05, 0) is 24.3 Å². The number of nitrogens with two attached hydrogens (primary N) is 1. The molecule has 0 unspecified atom stereocenters. The third-order valence-electron chi connectivity index (χ3n) is 2.16. The summed E-state index contributed by atoms with van der Waals surface area (Å²) in [5.74, 6) is 0. The zero-order chi connectivity index (χ0) is 10.7. The summed E-state index contributed by atoms with van der Waals surface area (Å²) in [5, 5.41) is 4.98. The van der Waals surface area contributed by atoms with Gasteiger partial charge in [0.25, 0.3) is 0 Å². The highest BCUT2D eigenvalue weighted by Gasteiger charge is 2.01. The number of hydrogen-bond acceptors (Lipinski definition) is 3. The summed E-state index contributed by atoms with van der Waals surface area (Å²) in [6.07, 6.45) is 1.77. The Labute approximate surface area is 93.3 Å². The normalized spacial score (nSPS) is 10.5. The Morgan fingerprint density at radius 2 is 2.20 bits per heavy atom. The number of rotatable bonds is 3. The highest BCUT2D eigenvalue weighted by Crippen LogP contribution is 2.24. The molecule has 2 aromatic rings. The summed E-state index contributed by atoms with van der Waals surface area (Å²) in [6, 6.07) is 7.58. The summed E-state index contributed by atoms with van der Waals surface area (Å²) in [5.41, 5.74) is 7.40. The molecule has 15 heavy (non-hydrogen) atoms. The van der Waals surface area contributed by atoms with E-state index >= 15 is 0 Å². The summed E-state index contributed by atoms with van der Waals surface area (Å²) < 4.78 is 0. The van der Waals surface area contributed by atoms with Crippen LogP contribution in [-0.4, -0.2) is 18.1 Å². The molecule has 0 aliphatic rings. The molecule has 3 N–H and O–H groups in total. The molecule has 0 aliphatic heterocycles. The van der Waals surface area contributed by atoms with Gasteiger partial charge in [0.2, 0.25) is 0 Å². The molecule has 1 aromatic carbocycles. The average molecular weight is 222 g/mol. The highest BCUT2D eigenvalue weighted by molar-refractivity contribution is 6.31. The predicted octanol–water partition coefficient (Wildman–Crippen LogP) is 2.26. The van der Waals surface area contributed by atoms with E-state index in [9.17, 15) is 0 Å². The van der Waals surface area contributed by atoms with Crippen molar-refractivity contribution in [2.45, 2.75) is 0 Å². The summed E-state index contributed by atoms with van der Waals surface area (Å²) >= 11 is 5.94. The molecule has 0 fully saturated rings. The van der Waals surface area contributed by atoms with Gasteiger partial charge in [0.1, 0.15) is 0 Å². The fourth-order valence-electron chi connectivity index (χ4n) is 1.48. The average Bonchev–Trinajstić information content (AvgIpc) is 2.26. The van der Waals surface area contributed by atoms with E-state index in [0.29, 0.717) is 11.6 Å². The Hall–Kier alpha value is -1.32. The van der Waals surface area contributed by atoms with E-state index in [1.54, 1.807) is 6.20 Å². The van der Waals surface area contributed by atoms with Gasteiger partial charge in [0.05, 0.1) is 5.52 Å². The van der Waals surface area contributed by atoms with E-state index in [4.69, 9.17) is 17.3 Å². The number of nitrogens with zero attached hydrogens (tertiary/aromatic N) is 1. The summed E-state index contributed by atoms with van der Waals surface area (Å²) in [6.45, 7) is 1.34. The van der Waals surface area contributed by atoms with Gasteiger partial charge in [-0.1, -0.05) is 11.6 Å². The lowest BCUT2D eigenvalue weighted by atomic mass is 10.2. The molecule has 0 aliphatic carbocycles. The van der Waals surface area contributed by atoms with E-state index < -0.39 is 0 Å². The molecule has 78 valence electrons. The standard InChI is InChI=1S/C11H12ClN3/c12-8-1-2-10-9(7-8)11(3-5-14-10)15-6-4-13/h1-3,5,7H,4,6,13H2,(H,14,15). The number of halogens is 1. The van der Waals surface area contributed by atoms with E-state index in [2.05, 4.69) is 10.3 Å². The van der Waals surface area contributed by atoms with E-state index in [1.807, 2.05) is 24.3 Å². The lowest BCUT2D eigenvalue weighted by Gasteiger charge is -2.08. The van der Waals surface area contributed by atoms with Gasteiger partial charge < -0.3 is 11.1 Å². The number of nitrogens with one attached hydrogen (secondary N) is 1. The van der Waals surface area contributed by atoms with Crippen LogP contribution in [0.5, 0.6) is 0 Å². The molecular weight excluding hydrogens is 210 g/mol. The largest absolute Gasteiger partial charge is 0.383 e. The first-order valence-corrected chi connectivity index (χ1v) is 5.17. The summed E-state index contributed by atoms with van der Waals surface area (Å²) in [4.78, 5) is 4.26. The minimum absolute atomic E-state index is 0.602. The molecule has 1 aromatic heterocycles. The Morgan fingerprint density at radius 1 is 1.33 bits per heavy atom. The zero-order valence-corrected chi connectivity index (χ0v) is 8.96. The third kappa shape index (κ3) is 2.19. The van der Waals surface area contributed by atoms with Crippen molar-refractivity contribution in [3.8, 4) is 0 Å². The van der Waals surface area contributed by atoms with Gasteiger partial charge >= 0.3 is 0 Å². The fraction of sp³-hybridized carbons (Fsp3) is 0.182. The van der Waals surface area contributed by atoms with Crippen molar-refractivity contribution in [2.75, 3.05) is 18.4 Å². The van der Waals surface area contributed by atoms with Crippen molar-refractivity contribution in [1.29, 1.82) is 0 Å². The van der Waals surface area contributed by atoms with Crippen molar-refractivity contribution < 1.29 is 0 Å². The molecule has 0 saturated carbocycles. The van der Waals surface area contributed by atoms with Crippen LogP contribution in [0, 0.1) is 0 Å². The van der Waals surface area contributed by atoms with E-state index in [-0.39, 0.29) is 0 Å². The van der Waals surface area contributed by atoms with Crippen LogP contribution >= 0.6 is 11.6 Å². The SMILES string of the molecule is NCCNc1ccnc2ccc(Cl)cc12. The molecule has 1 heterocycles. The van der Waals surface area contributed by atoms with Crippen LogP contribution in [0.3, 0.4) is 0 Å². The summed E-state index contributed by atoms with van der Waals surface area (Å²) in [7, 11) is 0. The lowest BCUT2D eigenvalue weighted by Crippen LogP contribution is -2.13. The number of hydrogen-bond donors (Lipinski definition) is 2. The van der Waals surface area contributed by atoms with Gasteiger partial charge in [-0.3, -0.25) is 4.98 Å². The molecule has 0 amide bonds. The van der Waals surface area contributed by atoms with Gasteiger partial charge in [-0.15, -0.1) is 0 Å². The second-order valence-electron chi connectivity index (χ2n) is 3.24. The van der Waals surface area contributed by atoms with Crippen molar-refractivity contribution >= 4 is 28.2 Å². The van der Waals surface area contributed by atoms with Crippen molar-refractivity contribution in [2.24, 2.45) is 5.73 Å². The van der Waals surface area contributed by atoms with Crippen LogP contribution in [0.4, 0.5) is 5.69 Å². The minimum atomic E-state index is 0.602.